The molecule has 0 saturated heterocycles. The quantitative estimate of drug-likeness (QED) is 0.470. The van der Waals surface area contributed by atoms with E-state index in [2.05, 4.69) is 4.74 Å². The fourth-order valence-corrected chi connectivity index (χ4v) is 2.40. The molecule has 0 fully saturated rings. The lowest BCUT2D eigenvalue weighted by Gasteiger charge is -2.29. The Morgan fingerprint density at radius 3 is 2.06 bits per heavy atom. The summed E-state index contributed by atoms with van der Waals surface area (Å²) in [4.78, 5) is 29.7. The van der Waals surface area contributed by atoms with E-state index in [1.54, 1.807) is 20.8 Å². The summed E-state index contributed by atoms with van der Waals surface area (Å²) >= 11 is 0. The molecule has 1 atom stereocenters. The zero-order valence-electron chi connectivity index (χ0n) is 10.4. The summed E-state index contributed by atoms with van der Waals surface area (Å²) in [6, 6.07) is 0. The van der Waals surface area contributed by atoms with E-state index in [1.807, 2.05) is 0 Å². The maximum absolute atomic E-state index is 11.5. The Morgan fingerprint density at radius 1 is 1.29 bits per heavy atom. The van der Waals surface area contributed by atoms with Crippen molar-refractivity contribution < 1.29 is 29.0 Å². The van der Waals surface area contributed by atoms with Gasteiger partial charge in [-0.15, -0.1) is 0 Å². The van der Waals surface area contributed by atoms with E-state index in [0.29, 0.717) is 12.8 Å². The zero-order valence-corrected chi connectivity index (χ0v) is 11.3. The van der Waals surface area contributed by atoms with Gasteiger partial charge in [0.15, 0.2) is 5.66 Å². The topological polar surface area (TPSA) is 104 Å². The molecule has 0 saturated carbocycles. The van der Waals surface area contributed by atoms with E-state index in [1.165, 1.54) is 0 Å². The summed E-state index contributed by atoms with van der Waals surface area (Å²) < 4.78 is 15.9. The van der Waals surface area contributed by atoms with Crippen molar-refractivity contribution in [3.05, 3.63) is 0 Å². The van der Waals surface area contributed by atoms with Crippen LogP contribution < -0.4 is 0 Å². The Balaban J connectivity index is 4.96. The fraction of sp³-hybridized carbons (Fsp3) is 0.900. The van der Waals surface area contributed by atoms with Gasteiger partial charge in [-0.2, -0.15) is 0 Å². The molecular formula is C10H21O6P. The van der Waals surface area contributed by atoms with Crippen LogP contribution in [0.4, 0.5) is 0 Å². The van der Waals surface area contributed by atoms with Crippen LogP contribution in [0.2, 0.25) is 0 Å². The zero-order chi connectivity index (χ0) is 13.7. The Morgan fingerprint density at radius 2 is 1.76 bits per heavy atom. The third-order valence-electron chi connectivity index (χ3n) is 2.85. The summed E-state index contributed by atoms with van der Waals surface area (Å²) in [5, 5.41) is 10.0. The van der Waals surface area contributed by atoms with Crippen LogP contribution >= 0.6 is 7.60 Å². The van der Waals surface area contributed by atoms with Crippen LogP contribution in [0.15, 0.2) is 0 Å². The van der Waals surface area contributed by atoms with Crippen molar-refractivity contribution in [1.82, 2.24) is 0 Å². The predicted octanol–water partition coefficient (Wildman–Crippen LogP) is 1.04. The molecule has 0 spiro atoms. The number of hydrogen-bond acceptors (Lipinski definition) is 4. The van der Waals surface area contributed by atoms with Crippen molar-refractivity contribution in [1.29, 1.82) is 0 Å². The molecule has 0 rings (SSSR count). The van der Waals surface area contributed by atoms with E-state index in [0.717, 1.165) is 0 Å². The maximum Gasteiger partial charge on any atom is 0.339 e. The van der Waals surface area contributed by atoms with Gasteiger partial charge in [0, 0.05) is 6.42 Å². The second-order valence-electron chi connectivity index (χ2n) is 3.99. The van der Waals surface area contributed by atoms with Gasteiger partial charge < -0.3 is 19.6 Å². The molecular weight excluding hydrogens is 247 g/mol. The first kappa shape index (κ1) is 16.6. The Kier molecular flexibility index (Phi) is 6.34. The minimum atomic E-state index is -4.62. The van der Waals surface area contributed by atoms with Crippen LogP contribution in [0.25, 0.3) is 0 Å². The lowest BCUT2D eigenvalue weighted by Crippen LogP contribution is -2.36. The van der Waals surface area contributed by atoms with Crippen LogP contribution in [-0.4, -0.2) is 38.7 Å². The summed E-state index contributed by atoms with van der Waals surface area (Å²) in [6.07, 6.45) is 0.349. The second-order valence-corrected chi connectivity index (χ2v) is 5.79. The van der Waals surface area contributed by atoms with Gasteiger partial charge in [-0.25, -0.2) is 0 Å². The third kappa shape index (κ3) is 5.17. The molecule has 0 radical (unpaired) electrons. The van der Waals surface area contributed by atoms with E-state index in [4.69, 9.17) is 9.79 Å². The minimum Gasteiger partial charge on any atom is -0.465 e. The van der Waals surface area contributed by atoms with E-state index in [-0.39, 0.29) is 13.0 Å². The van der Waals surface area contributed by atoms with Crippen molar-refractivity contribution in [3.63, 3.8) is 0 Å². The van der Waals surface area contributed by atoms with Crippen LogP contribution in [-0.2, 0) is 14.1 Å². The predicted molar refractivity (Wildman–Crippen MR) is 62.6 cm³/mol. The monoisotopic (exact) mass is 268 g/mol. The first-order valence-electron chi connectivity index (χ1n) is 5.64. The highest BCUT2D eigenvalue weighted by molar-refractivity contribution is 7.53. The highest BCUT2D eigenvalue weighted by atomic mass is 31.2. The number of carbonyl (C=O) groups is 1. The Labute approximate surface area is 101 Å². The van der Waals surface area contributed by atoms with Crippen molar-refractivity contribution >= 4 is 13.6 Å². The maximum atomic E-state index is 11.5. The summed E-state index contributed by atoms with van der Waals surface area (Å²) in [5.74, 6) is -0.957. The summed E-state index contributed by atoms with van der Waals surface area (Å²) in [6.45, 7) is 5.00. The Hall–Kier alpha value is -0.420. The number of rotatable bonds is 7. The van der Waals surface area contributed by atoms with Crippen molar-refractivity contribution in [2.45, 2.75) is 51.3 Å². The minimum absolute atomic E-state index is 0.0476. The van der Waals surface area contributed by atoms with E-state index in [9.17, 15) is 14.5 Å². The van der Waals surface area contributed by atoms with E-state index < -0.39 is 24.8 Å². The third-order valence-corrected chi connectivity index (χ3v) is 4.06. The molecule has 0 aliphatic carbocycles. The number of carbonyl (C=O) groups excluding carboxylic acids is 1. The first-order chi connectivity index (χ1) is 7.70. The number of ether oxygens (including phenoxy) is 1. The molecule has 1 unspecified atom stereocenters. The van der Waals surface area contributed by atoms with Gasteiger partial charge in [-0.1, -0.05) is 13.8 Å². The normalized spacial score (nSPS) is 14.5. The summed E-state index contributed by atoms with van der Waals surface area (Å²) in [7, 11) is -4.62. The van der Waals surface area contributed by atoms with Gasteiger partial charge in [-0.3, -0.25) is 9.36 Å². The molecule has 102 valence electrons. The Bertz CT molecular complexity index is 293. The summed E-state index contributed by atoms with van der Waals surface area (Å²) in [5.41, 5.74) is -2.84. The fourth-order valence-electron chi connectivity index (χ4n) is 1.48. The molecule has 0 bridgehead atoms. The van der Waals surface area contributed by atoms with Crippen molar-refractivity contribution in [2.75, 3.05) is 6.61 Å². The van der Waals surface area contributed by atoms with Crippen molar-refractivity contribution in [2.24, 2.45) is 0 Å². The smallest absolute Gasteiger partial charge is 0.339 e. The van der Waals surface area contributed by atoms with Crippen LogP contribution in [0.5, 0.6) is 0 Å². The molecule has 6 nitrogen and oxygen atoms in total. The van der Waals surface area contributed by atoms with Crippen molar-refractivity contribution in [3.8, 4) is 0 Å². The first-order valence-corrected chi connectivity index (χ1v) is 7.32. The van der Waals surface area contributed by atoms with E-state index >= 15 is 0 Å². The molecule has 0 aromatic heterocycles. The number of hydrogen-bond donors (Lipinski definition) is 3. The second kappa shape index (κ2) is 6.50. The highest BCUT2D eigenvalue weighted by Gasteiger charge is 2.42. The van der Waals surface area contributed by atoms with Crippen LogP contribution in [0.1, 0.15) is 40.0 Å². The van der Waals surface area contributed by atoms with Gasteiger partial charge in [0.05, 0.1) is 12.2 Å². The van der Waals surface area contributed by atoms with Gasteiger partial charge in [0.2, 0.25) is 0 Å². The molecule has 0 aliphatic heterocycles. The molecule has 0 aromatic rings. The SMILES string of the molecule is CCOC(=O)C(CC(O)(CC)CC)P(=O)(O)O. The molecule has 0 aliphatic rings. The number of aliphatic hydroxyl groups is 1. The lowest BCUT2D eigenvalue weighted by atomic mass is 9.92. The lowest BCUT2D eigenvalue weighted by molar-refractivity contribution is -0.144. The van der Waals surface area contributed by atoms with Gasteiger partial charge in [-0.05, 0) is 19.8 Å². The largest absolute Gasteiger partial charge is 0.465 e. The molecule has 7 heteroatoms. The highest BCUT2D eigenvalue weighted by Crippen LogP contribution is 2.46. The van der Waals surface area contributed by atoms with Crippen LogP contribution in [0, 0.1) is 0 Å². The standard InChI is InChI=1S/C10H21O6P/c1-4-10(12,5-2)7-8(17(13,14)15)9(11)16-6-3/h8,12H,4-7H2,1-3H3,(H2,13,14,15). The molecule has 17 heavy (non-hydrogen) atoms. The molecule has 0 amide bonds. The van der Waals surface area contributed by atoms with Gasteiger partial charge in [0.25, 0.3) is 0 Å². The average molecular weight is 268 g/mol. The van der Waals surface area contributed by atoms with Crippen LogP contribution in [0.3, 0.4) is 0 Å². The average Bonchev–Trinajstić information content (AvgIpc) is 2.24. The molecule has 0 heterocycles. The molecule has 3 N–H and O–H groups in total. The van der Waals surface area contributed by atoms with Gasteiger partial charge >= 0.3 is 13.6 Å². The van der Waals surface area contributed by atoms with Gasteiger partial charge in [0.1, 0.15) is 0 Å². The molecule has 0 aromatic carbocycles. The number of esters is 1.